The molecule has 0 saturated heterocycles. The van der Waals surface area contributed by atoms with Gasteiger partial charge in [0.05, 0.1) is 10.5 Å². The molecule has 0 unspecified atom stereocenters. The van der Waals surface area contributed by atoms with Gasteiger partial charge in [-0.2, -0.15) is 0 Å². The number of hydroxylamine groups is 1. The molecule has 2 aromatic carbocycles. The fraction of sp³-hybridized carbons (Fsp3) is 0.0714. The minimum atomic E-state index is -0.924. The van der Waals surface area contributed by atoms with Crippen molar-refractivity contribution in [1.82, 2.24) is 5.48 Å². The van der Waals surface area contributed by atoms with E-state index in [1.807, 2.05) is 30.3 Å². The molecular weight excluding hydrogens is 310 g/mol. The van der Waals surface area contributed by atoms with Crippen molar-refractivity contribution in [3.05, 3.63) is 68.7 Å². The Morgan fingerprint density at radius 1 is 1.32 bits per heavy atom. The van der Waals surface area contributed by atoms with Gasteiger partial charge in [-0.15, -0.1) is 0 Å². The molecule has 0 aliphatic carbocycles. The first-order valence-electron chi connectivity index (χ1n) is 6.28. The maximum Gasteiger partial charge on any atom is 0.312 e. The van der Waals surface area contributed by atoms with E-state index < -0.39 is 22.6 Å². The van der Waals surface area contributed by atoms with Gasteiger partial charge in [0.15, 0.2) is 5.84 Å². The summed E-state index contributed by atoms with van der Waals surface area (Å²) in [5.41, 5.74) is 3.07. The van der Waals surface area contributed by atoms with Gasteiger partial charge >= 0.3 is 5.69 Å². The van der Waals surface area contributed by atoms with Crippen LogP contribution in [0.4, 0.5) is 5.69 Å². The van der Waals surface area contributed by atoms with Crippen LogP contribution in [0, 0.1) is 10.1 Å². The highest BCUT2D eigenvalue weighted by atomic mass is 35.5. The molecule has 1 atom stereocenters. The lowest BCUT2D eigenvalue weighted by Crippen LogP contribution is -2.17. The van der Waals surface area contributed by atoms with Gasteiger partial charge in [0, 0.05) is 16.7 Å². The number of hydrogen-bond acceptors (Lipinski definition) is 6. The highest BCUT2D eigenvalue weighted by Gasteiger charge is 2.28. The first-order chi connectivity index (χ1) is 10.6. The summed E-state index contributed by atoms with van der Waals surface area (Å²) in [4.78, 5) is 19.8. The number of phenolic OH excluding ortho intramolecular Hbond substituents is 1. The molecule has 7 nitrogen and oxygen atoms in total. The van der Waals surface area contributed by atoms with Crippen LogP contribution in [0.2, 0.25) is 5.02 Å². The van der Waals surface area contributed by atoms with Crippen LogP contribution < -0.4 is 5.48 Å². The van der Waals surface area contributed by atoms with Crippen molar-refractivity contribution < 1.29 is 14.9 Å². The molecule has 0 fully saturated rings. The van der Waals surface area contributed by atoms with E-state index in [9.17, 15) is 15.2 Å². The van der Waals surface area contributed by atoms with E-state index in [2.05, 4.69) is 10.5 Å². The molecule has 0 spiro atoms. The highest BCUT2D eigenvalue weighted by molar-refractivity contribution is 6.31. The average Bonchev–Trinajstić information content (AvgIpc) is 2.99. The number of rotatable bonds is 3. The summed E-state index contributed by atoms with van der Waals surface area (Å²) in [6.07, 6.45) is -0.924. The second-order valence-corrected chi connectivity index (χ2v) is 4.97. The van der Waals surface area contributed by atoms with Gasteiger partial charge in [0.2, 0.25) is 12.0 Å². The molecule has 1 aliphatic rings. The molecule has 3 rings (SSSR count). The standard InChI is InChI=1S/C14H10ClN3O4/c15-9-6-10(12(19)11(7-9)18(20)21)14-16-13(17-22-14)8-4-2-1-3-5-8/h1-7,14,19H,(H,16,17)/t14-/m1/s1. The third-order valence-electron chi connectivity index (χ3n) is 3.11. The van der Waals surface area contributed by atoms with Crippen LogP contribution in [-0.4, -0.2) is 15.9 Å². The second-order valence-electron chi connectivity index (χ2n) is 4.54. The number of nitro benzene ring substituents is 1. The molecule has 0 saturated carbocycles. The molecule has 1 heterocycles. The second kappa shape index (κ2) is 5.63. The number of aliphatic imine (C=N–C) groups is 1. The van der Waals surface area contributed by atoms with E-state index in [-0.39, 0.29) is 10.6 Å². The lowest BCUT2D eigenvalue weighted by Gasteiger charge is -2.09. The summed E-state index contributed by atoms with van der Waals surface area (Å²) in [6, 6.07) is 11.7. The summed E-state index contributed by atoms with van der Waals surface area (Å²) >= 11 is 5.86. The van der Waals surface area contributed by atoms with Crippen molar-refractivity contribution in [1.29, 1.82) is 0 Å². The Morgan fingerprint density at radius 2 is 2.05 bits per heavy atom. The van der Waals surface area contributed by atoms with Crippen LogP contribution in [0.1, 0.15) is 17.4 Å². The average molecular weight is 320 g/mol. The third-order valence-corrected chi connectivity index (χ3v) is 3.33. The van der Waals surface area contributed by atoms with Crippen LogP contribution in [0.25, 0.3) is 0 Å². The molecule has 2 N–H and O–H groups in total. The van der Waals surface area contributed by atoms with Crippen LogP contribution in [0.5, 0.6) is 5.75 Å². The Kier molecular flexibility index (Phi) is 3.66. The van der Waals surface area contributed by atoms with E-state index in [4.69, 9.17) is 16.4 Å². The number of nitrogens with zero attached hydrogens (tertiary/aromatic N) is 2. The van der Waals surface area contributed by atoms with Crippen LogP contribution >= 0.6 is 11.6 Å². The quantitative estimate of drug-likeness (QED) is 0.669. The molecule has 0 amide bonds. The molecular formula is C14H10ClN3O4. The number of halogens is 1. The SMILES string of the molecule is O=[N+]([O-])c1cc(Cl)cc([C@@H]2N=C(c3ccccc3)NO2)c1O. The number of hydrogen-bond donors (Lipinski definition) is 2. The van der Waals surface area contributed by atoms with Gasteiger partial charge < -0.3 is 5.11 Å². The smallest absolute Gasteiger partial charge is 0.312 e. The molecule has 1 aliphatic heterocycles. The number of nitro groups is 1. The first-order valence-corrected chi connectivity index (χ1v) is 6.66. The van der Waals surface area contributed by atoms with E-state index in [1.54, 1.807) is 0 Å². The Labute approximate surface area is 129 Å². The third kappa shape index (κ3) is 2.59. The topological polar surface area (TPSA) is 97.0 Å². The number of aromatic hydroxyl groups is 1. The maximum absolute atomic E-state index is 10.9. The zero-order valence-electron chi connectivity index (χ0n) is 11.1. The van der Waals surface area contributed by atoms with E-state index in [1.165, 1.54) is 6.07 Å². The van der Waals surface area contributed by atoms with Gasteiger partial charge in [-0.25, -0.2) is 15.3 Å². The van der Waals surface area contributed by atoms with Crippen LogP contribution in [0.3, 0.4) is 0 Å². The van der Waals surface area contributed by atoms with Crippen molar-refractivity contribution in [2.24, 2.45) is 4.99 Å². The van der Waals surface area contributed by atoms with Gasteiger partial charge in [-0.1, -0.05) is 41.9 Å². The molecule has 22 heavy (non-hydrogen) atoms. The Morgan fingerprint density at radius 3 is 2.73 bits per heavy atom. The number of amidine groups is 1. The van der Waals surface area contributed by atoms with Crippen molar-refractivity contribution in [2.45, 2.75) is 6.23 Å². The maximum atomic E-state index is 10.9. The van der Waals surface area contributed by atoms with Crippen LogP contribution in [0.15, 0.2) is 47.5 Å². The zero-order valence-corrected chi connectivity index (χ0v) is 11.8. The van der Waals surface area contributed by atoms with Gasteiger partial charge in [0.1, 0.15) is 0 Å². The molecule has 0 bridgehead atoms. The Balaban J connectivity index is 1.99. The predicted octanol–water partition coefficient (Wildman–Crippen LogP) is 2.93. The minimum Gasteiger partial charge on any atom is -0.502 e. The molecule has 0 aromatic heterocycles. The van der Waals surface area contributed by atoms with E-state index >= 15 is 0 Å². The minimum absolute atomic E-state index is 0.117. The largest absolute Gasteiger partial charge is 0.502 e. The lowest BCUT2D eigenvalue weighted by atomic mass is 10.1. The number of benzene rings is 2. The molecule has 112 valence electrons. The van der Waals surface area contributed by atoms with Crippen molar-refractivity contribution in [3.63, 3.8) is 0 Å². The van der Waals surface area contributed by atoms with Gasteiger partial charge in [-0.05, 0) is 6.07 Å². The molecule has 0 radical (unpaired) electrons. The van der Waals surface area contributed by atoms with Crippen molar-refractivity contribution >= 4 is 23.1 Å². The van der Waals surface area contributed by atoms with Crippen LogP contribution in [-0.2, 0) is 4.84 Å². The predicted molar refractivity (Wildman–Crippen MR) is 79.7 cm³/mol. The monoisotopic (exact) mass is 319 g/mol. The van der Waals surface area contributed by atoms with Crippen molar-refractivity contribution in [3.8, 4) is 5.75 Å². The molecule has 2 aromatic rings. The highest BCUT2D eigenvalue weighted by Crippen LogP contribution is 2.39. The summed E-state index contributed by atoms with van der Waals surface area (Å²) in [7, 11) is 0. The summed E-state index contributed by atoms with van der Waals surface area (Å²) in [6.45, 7) is 0. The number of nitrogens with one attached hydrogen (secondary N) is 1. The Bertz CT molecular complexity index is 764. The first kappa shape index (κ1) is 14.3. The summed E-state index contributed by atoms with van der Waals surface area (Å²) in [5, 5.41) is 21.1. The van der Waals surface area contributed by atoms with Gasteiger partial charge in [-0.3, -0.25) is 10.1 Å². The zero-order chi connectivity index (χ0) is 15.7. The lowest BCUT2D eigenvalue weighted by molar-refractivity contribution is -0.386. The summed E-state index contributed by atoms with van der Waals surface area (Å²) in [5.74, 6) is -0.0492. The molecule has 8 heteroatoms. The fourth-order valence-corrected chi connectivity index (χ4v) is 2.30. The number of phenols is 1. The van der Waals surface area contributed by atoms with Crippen molar-refractivity contribution in [2.75, 3.05) is 0 Å². The fourth-order valence-electron chi connectivity index (χ4n) is 2.08. The van der Waals surface area contributed by atoms with E-state index in [0.29, 0.717) is 5.84 Å². The Hall–Kier alpha value is -2.64. The summed E-state index contributed by atoms with van der Waals surface area (Å²) < 4.78 is 0. The van der Waals surface area contributed by atoms with Gasteiger partial charge in [0.25, 0.3) is 0 Å². The normalized spacial score (nSPS) is 17.0. The van der Waals surface area contributed by atoms with E-state index in [0.717, 1.165) is 11.6 Å².